The molecule has 0 atom stereocenters. The minimum Gasteiger partial charge on any atom is -0.415 e. The van der Waals surface area contributed by atoms with Crippen LogP contribution in [0.4, 0.5) is 13.2 Å². The number of carbonyl (C=O) groups is 1. The summed E-state index contributed by atoms with van der Waals surface area (Å²) < 4.78 is 45.3. The van der Waals surface area contributed by atoms with Crippen LogP contribution in [0.2, 0.25) is 18.1 Å². The minimum absolute atomic E-state index is 0.0414. The van der Waals surface area contributed by atoms with Crippen LogP contribution < -0.4 is 5.32 Å². The van der Waals surface area contributed by atoms with Crippen molar-refractivity contribution in [1.29, 1.82) is 0 Å². The third kappa shape index (κ3) is 5.31. The molecule has 1 N–H and O–H groups in total. The van der Waals surface area contributed by atoms with Crippen LogP contribution in [0.15, 0.2) is 12.1 Å². The monoisotopic (exact) mass is 375 g/mol. The van der Waals surface area contributed by atoms with E-state index in [1.807, 2.05) is 0 Å². The zero-order valence-corrected chi connectivity index (χ0v) is 16.6. The molecular formula is C18H28F3NO2Si. The van der Waals surface area contributed by atoms with Crippen molar-refractivity contribution in [2.45, 2.75) is 58.9 Å². The van der Waals surface area contributed by atoms with Crippen molar-refractivity contribution in [3.8, 4) is 0 Å². The van der Waals surface area contributed by atoms with Gasteiger partial charge in [-0.3, -0.25) is 4.79 Å². The molecule has 0 bridgehead atoms. The maximum Gasteiger partial charge on any atom is 0.251 e. The molecule has 0 aliphatic rings. The van der Waals surface area contributed by atoms with Gasteiger partial charge >= 0.3 is 0 Å². The number of halogens is 3. The largest absolute Gasteiger partial charge is 0.415 e. The van der Waals surface area contributed by atoms with E-state index >= 15 is 0 Å². The van der Waals surface area contributed by atoms with Crippen LogP contribution in [0.25, 0.3) is 0 Å². The molecule has 1 aromatic rings. The fraction of sp³-hybridized carbons (Fsp3) is 0.611. The van der Waals surface area contributed by atoms with Gasteiger partial charge in [-0.25, -0.2) is 13.2 Å². The van der Waals surface area contributed by atoms with Crippen molar-refractivity contribution in [1.82, 2.24) is 5.32 Å². The van der Waals surface area contributed by atoms with Gasteiger partial charge in [0.15, 0.2) is 8.32 Å². The number of nitrogens with one attached hydrogen (secondary N) is 1. The zero-order valence-electron chi connectivity index (χ0n) is 15.6. The van der Waals surface area contributed by atoms with Gasteiger partial charge in [-0.1, -0.05) is 26.8 Å². The predicted molar refractivity (Wildman–Crippen MR) is 96.4 cm³/mol. The lowest BCUT2D eigenvalue weighted by molar-refractivity contribution is 0.0943. The van der Waals surface area contributed by atoms with Gasteiger partial charge in [0, 0.05) is 17.7 Å². The normalized spacial score (nSPS) is 12.3. The second kappa shape index (κ2) is 8.85. The van der Waals surface area contributed by atoms with E-state index in [0.717, 1.165) is 0 Å². The van der Waals surface area contributed by atoms with Gasteiger partial charge in [0.25, 0.3) is 5.91 Å². The molecule has 0 aliphatic carbocycles. The average molecular weight is 376 g/mol. The molecular weight excluding hydrogens is 347 g/mol. The summed E-state index contributed by atoms with van der Waals surface area (Å²) in [7, 11) is -1.90. The number of rotatable bonds is 8. The number of hydrogen-bond acceptors (Lipinski definition) is 2. The molecule has 0 fully saturated rings. The van der Waals surface area contributed by atoms with Gasteiger partial charge in [0.05, 0.1) is 6.61 Å². The van der Waals surface area contributed by atoms with Crippen LogP contribution in [-0.2, 0) is 24.4 Å². The molecule has 0 saturated heterocycles. The molecule has 1 amide bonds. The van der Waals surface area contributed by atoms with Gasteiger partial charge in [-0.15, -0.1) is 0 Å². The molecule has 142 valence electrons. The molecule has 0 unspecified atom stereocenters. The second-order valence-electron chi connectivity index (χ2n) is 7.49. The van der Waals surface area contributed by atoms with E-state index in [0.29, 0.717) is 6.61 Å². The zero-order chi connectivity index (χ0) is 19.3. The van der Waals surface area contributed by atoms with Crippen LogP contribution in [-0.4, -0.2) is 27.4 Å². The molecule has 1 aromatic carbocycles. The average Bonchev–Trinajstić information content (AvgIpc) is 2.55. The van der Waals surface area contributed by atoms with Gasteiger partial charge in [0.2, 0.25) is 0 Å². The fourth-order valence-electron chi connectivity index (χ4n) is 2.18. The summed E-state index contributed by atoms with van der Waals surface area (Å²) in [6.07, 6.45) is 0. The molecule has 0 radical (unpaired) electrons. The summed E-state index contributed by atoms with van der Waals surface area (Å²) in [5.74, 6) is -0.508. The smallest absolute Gasteiger partial charge is 0.251 e. The molecule has 0 spiro atoms. The van der Waals surface area contributed by atoms with E-state index in [1.54, 1.807) is 0 Å². The Morgan fingerprint density at radius 3 is 2.16 bits per heavy atom. The Bertz CT molecular complexity index is 601. The Morgan fingerprint density at radius 2 is 1.68 bits per heavy atom. The highest BCUT2D eigenvalue weighted by Crippen LogP contribution is 2.36. The Morgan fingerprint density at radius 1 is 1.08 bits per heavy atom. The summed E-state index contributed by atoms with van der Waals surface area (Å²) in [6, 6.07) is 2.67. The first-order valence-electron chi connectivity index (χ1n) is 8.32. The van der Waals surface area contributed by atoms with Crippen LogP contribution in [0.1, 0.15) is 47.8 Å². The van der Waals surface area contributed by atoms with Crippen LogP contribution in [0.3, 0.4) is 0 Å². The van der Waals surface area contributed by atoms with Gasteiger partial charge in [0.1, 0.15) is 20.0 Å². The van der Waals surface area contributed by atoms with Crippen molar-refractivity contribution < 1.29 is 22.4 Å². The molecule has 0 aromatic heterocycles. The van der Waals surface area contributed by atoms with E-state index in [9.17, 15) is 18.0 Å². The first-order chi connectivity index (χ1) is 11.6. The maximum absolute atomic E-state index is 13.3. The lowest BCUT2D eigenvalue weighted by atomic mass is 9.97. The van der Waals surface area contributed by atoms with E-state index in [-0.39, 0.29) is 33.8 Å². The Hall–Kier alpha value is -1.34. The van der Waals surface area contributed by atoms with E-state index < -0.39 is 34.2 Å². The number of benzene rings is 1. The SMILES string of the molecule is CC(C)(C)[Si](C)(C)OCCNC(=O)c1ccc(CF)c(CF)c1CF. The molecule has 0 saturated carbocycles. The molecule has 3 nitrogen and oxygen atoms in total. The van der Waals surface area contributed by atoms with Crippen LogP contribution in [0, 0.1) is 0 Å². The van der Waals surface area contributed by atoms with Gasteiger partial charge in [-0.2, -0.15) is 0 Å². The number of alkyl halides is 3. The van der Waals surface area contributed by atoms with E-state index in [2.05, 4.69) is 39.2 Å². The van der Waals surface area contributed by atoms with E-state index in [4.69, 9.17) is 4.43 Å². The van der Waals surface area contributed by atoms with Crippen molar-refractivity contribution in [2.24, 2.45) is 0 Å². The highest BCUT2D eigenvalue weighted by molar-refractivity contribution is 6.74. The predicted octanol–water partition coefficient (Wildman–Crippen LogP) is 4.85. The summed E-state index contributed by atoms with van der Waals surface area (Å²) >= 11 is 0. The Balaban J connectivity index is 2.76. The molecule has 25 heavy (non-hydrogen) atoms. The summed E-state index contributed by atoms with van der Waals surface area (Å²) in [5, 5.41) is 2.73. The third-order valence-electron chi connectivity index (χ3n) is 4.84. The fourth-order valence-corrected chi connectivity index (χ4v) is 3.23. The minimum atomic E-state index is -1.90. The van der Waals surface area contributed by atoms with Gasteiger partial charge < -0.3 is 9.74 Å². The number of hydrogen-bond donors (Lipinski definition) is 1. The molecule has 0 aliphatic heterocycles. The van der Waals surface area contributed by atoms with Crippen molar-refractivity contribution >= 4 is 14.2 Å². The lowest BCUT2D eigenvalue weighted by Crippen LogP contribution is -2.42. The second-order valence-corrected chi connectivity index (χ2v) is 12.3. The van der Waals surface area contributed by atoms with E-state index in [1.165, 1.54) is 12.1 Å². The quantitative estimate of drug-likeness (QED) is 0.521. The topological polar surface area (TPSA) is 38.3 Å². The first-order valence-corrected chi connectivity index (χ1v) is 11.2. The standard InChI is InChI=1S/C18H28F3NO2Si/c1-18(2,3)25(4,5)24-9-8-22-17(23)14-7-6-13(10-19)15(11-20)16(14)12-21/h6-7H,8-12H2,1-5H3,(H,22,23). The number of carbonyl (C=O) groups excluding carboxylic acids is 1. The summed E-state index contributed by atoms with van der Waals surface area (Å²) in [4.78, 5) is 12.3. The van der Waals surface area contributed by atoms with Crippen molar-refractivity contribution in [2.75, 3.05) is 13.2 Å². The summed E-state index contributed by atoms with van der Waals surface area (Å²) in [5.41, 5.74) is -0.0386. The Kier molecular flexibility index (Phi) is 7.68. The Labute approximate surface area is 149 Å². The van der Waals surface area contributed by atoms with Crippen molar-refractivity contribution in [3.05, 3.63) is 34.4 Å². The first kappa shape index (κ1) is 21.7. The maximum atomic E-state index is 13.3. The molecule has 1 rings (SSSR count). The molecule has 0 heterocycles. The molecule has 7 heteroatoms. The van der Waals surface area contributed by atoms with Gasteiger partial charge in [-0.05, 0) is 35.3 Å². The third-order valence-corrected chi connectivity index (χ3v) is 9.38. The van der Waals surface area contributed by atoms with Crippen LogP contribution >= 0.6 is 0 Å². The lowest BCUT2D eigenvalue weighted by Gasteiger charge is -2.36. The highest BCUT2D eigenvalue weighted by atomic mass is 28.4. The number of amides is 1. The summed E-state index contributed by atoms with van der Waals surface area (Å²) in [6.45, 7) is 8.29. The van der Waals surface area contributed by atoms with Crippen LogP contribution in [0.5, 0.6) is 0 Å². The van der Waals surface area contributed by atoms with Crippen molar-refractivity contribution in [3.63, 3.8) is 0 Å². The highest BCUT2D eigenvalue weighted by Gasteiger charge is 2.36.